The Labute approximate surface area is 144 Å². The molecular weight excluding hydrogens is 324 g/mol. The normalized spacial score (nSPS) is 12.2. The van der Waals surface area contributed by atoms with Crippen molar-refractivity contribution in [2.75, 3.05) is 33.4 Å². The van der Waals surface area contributed by atoms with Gasteiger partial charge in [-0.15, -0.1) is 0 Å². The quantitative estimate of drug-likeness (QED) is 0.784. The Bertz CT molecular complexity index is 751. The summed E-state index contributed by atoms with van der Waals surface area (Å²) in [7, 11) is 0.958. The van der Waals surface area contributed by atoms with Crippen molar-refractivity contribution in [3.63, 3.8) is 0 Å². The number of nitrogens with one attached hydrogen (secondary N) is 1. The van der Waals surface area contributed by atoms with Gasteiger partial charge in [0.2, 0.25) is 0 Å². The molecule has 0 unspecified atom stereocenters. The predicted molar refractivity (Wildman–Crippen MR) is 95.5 cm³/mol. The number of aromatic amines is 1. The zero-order valence-corrected chi connectivity index (χ0v) is 15.6. The van der Waals surface area contributed by atoms with Gasteiger partial charge >= 0.3 is 0 Å². The van der Waals surface area contributed by atoms with Crippen LogP contribution >= 0.6 is 0 Å². The number of H-pyrrole nitrogens is 1. The number of hydrogen-bond acceptors (Lipinski definition) is 5. The lowest BCUT2D eigenvalue weighted by molar-refractivity contribution is 0.224. The number of nitrogens with zero attached hydrogens (tertiary/aromatic N) is 3. The van der Waals surface area contributed by atoms with Gasteiger partial charge in [0.15, 0.2) is 9.84 Å². The van der Waals surface area contributed by atoms with Crippen LogP contribution in [0.3, 0.4) is 0 Å². The van der Waals surface area contributed by atoms with Gasteiger partial charge in [-0.2, -0.15) is 0 Å². The molecule has 132 valence electrons. The molecule has 24 heavy (non-hydrogen) atoms. The lowest BCUT2D eigenvalue weighted by Gasteiger charge is -2.24. The molecule has 0 aliphatic carbocycles. The highest BCUT2D eigenvalue weighted by molar-refractivity contribution is 7.90. The van der Waals surface area contributed by atoms with Crippen LogP contribution in [0.15, 0.2) is 35.5 Å². The van der Waals surface area contributed by atoms with Crippen LogP contribution in [0.4, 0.5) is 0 Å². The van der Waals surface area contributed by atoms with E-state index in [0.29, 0.717) is 4.90 Å². The lowest BCUT2D eigenvalue weighted by atomic mass is 10.2. The Morgan fingerprint density at radius 3 is 2.25 bits per heavy atom. The highest BCUT2D eigenvalue weighted by Gasteiger charge is 2.12. The summed E-state index contributed by atoms with van der Waals surface area (Å²) >= 11 is 0. The van der Waals surface area contributed by atoms with Gasteiger partial charge < -0.3 is 9.88 Å². The van der Waals surface area contributed by atoms with Gasteiger partial charge in [0.25, 0.3) is 0 Å². The predicted octanol–water partition coefficient (Wildman–Crippen LogP) is 1.69. The Morgan fingerprint density at radius 1 is 1.08 bits per heavy atom. The number of benzene rings is 1. The molecule has 2 aromatic rings. The fourth-order valence-corrected chi connectivity index (χ4v) is 3.04. The van der Waals surface area contributed by atoms with Crippen molar-refractivity contribution < 1.29 is 8.42 Å². The Kier molecular flexibility index (Phi) is 6.15. The minimum Gasteiger partial charge on any atom is -0.348 e. The van der Waals surface area contributed by atoms with Gasteiger partial charge in [-0.1, -0.05) is 12.1 Å². The van der Waals surface area contributed by atoms with Crippen molar-refractivity contribution in [2.45, 2.75) is 24.9 Å². The van der Waals surface area contributed by atoms with E-state index >= 15 is 0 Å². The molecule has 1 aromatic carbocycles. The monoisotopic (exact) mass is 350 g/mol. The Hall–Kier alpha value is -1.70. The molecule has 0 aliphatic rings. The number of imidazole rings is 1. The van der Waals surface area contributed by atoms with Crippen molar-refractivity contribution in [3.8, 4) is 0 Å². The third-order valence-corrected chi connectivity index (χ3v) is 5.06. The summed E-state index contributed by atoms with van der Waals surface area (Å²) in [6.07, 6.45) is 2.95. The zero-order chi connectivity index (χ0) is 17.7. The van der Waals surface area contributed by atoms with Crippen molar-refractivity contribution in [3.05, 3.63) is 47.5 Å². The molecule has 0 fully saturated rings. The first-order chi connectivity index (χ1) is 11.3. The third kappa shape index (κ3) is 5.43. The molecule has 0 spiro atoms. The van der Waals surface area contributed by atoms with E-state index in [1.54, 1.807) is 18.5 Å². The average molecular weight is 350 g/mol. The number of hydrogen-bond donors (Lipinski definition) is 1. The van der Waals surface area contributed by atoms with Gasteiger partial charge in [0.1, 0.15) is 0 Å². The molecule has 6 nitrogen and oxygen atoms in total. The summed E-state index contributed by atoms with van der Waals surface area (Å²) in [6, 6.07) is 7.12. The van der Waals surface area contributed by atoms with E-state index in [1.165, 1.54) is 6.26 Å². The molecule has 2 rings (SSSR count). The second-order valence-electron chi connectivity index (χ2n) is 6.40. The summed E-state index contributed by atoms with van der Waals surface area (Å²) in [5.74, 6) is 0. The third-order valence-electron chi connectivity index (χ3n) is 3.93. The first-order valence-corrected chi connectivity index (χ1v) is 9.80. The zero-order valence-electron chi connectivity index (χ0n) is 14.8. The molecule has 0 amide bonds. The van der Waals surface area contributed by atoms with Crippen LogP contribution < -0.4 is 0 Å². The van der Waals surface area contributed by atoms with Crippen LogP contribution in [0.25, 0.3) is 0 Å². The number of rotatable bonds is 8. The largest absolute Gasteiger partial charge is 0.348 e. The minimum absolute atomic E-state index is 0.356. The summed E-state index contributed by atoms with van der Waals surface area (Å²) in [5.41, 5.74) is 3.22. The maximum atomic E-state index is 11.6. The lowest BCUT2D eigenvalue weighted by Crippen LogP contribution is -2.31. The second kappa shape index (κ2) is 7.92. The minimum atomic E-state index is -3.15. The van der Waals surface area contributed by atoms with E-state index in [2.05, 4.69) is 33.9 Å². The summed E-state index contributed by atoms with van der Waals surface area (Å²) < 4.78 is 23.1. The van der Waals surface area contributed by atoms with Crippen molar-refractivity contribution in [2.24, 2.45) is 0 Å². The van der Waals surface area contributed by atoms with Crippen LogP contribution in [-0.2, 0) is 22.9 Å². The molecule has 0 atom stereocenters. The van der Waals surface area contributed by atoms with E-state index in [1.807, 2.05) is 19.1 Å². The highest BCUT2D eigenvalue weighted by atomic mass is 32.2. The maximum Gasteiger partial charge on any atom is 0.175 e. The van der Waals surface area contributed by atoms with Crippen molar-refractivity contribution >= 4 is 9.84 Å². The standard InChI is InChI=1S/C17H26N4O2S/c1-14-17(19-13-18-14)12-21(10-9-20(2)3)11-15-5-7-16(8-6-15)24(4,22)23/h5-8,13H,9-12H2,1-4H3,(H,18,19). The molecule has 0 bridgehead atoms. The van der Waals surface area contributed by atoms with Crippen LogP contribution in [0, 0.1) is 6.92 Å². The van der Waals surface area contributed by atoms with E-state index in [4.69, 9.17) is 0 Å². The molecule has 0 radical (unpaired) electrons. The van der Waals surface area contributed by atoms with E-state index in [0.717, 1.165) is 43.1 Å². The molecular formula is C17H26N4O2S. The second-order valence-corrected chi connectivity index (χ2v) is 8.42. The number of sulfone groups is 1. The van der Waals surface area contributed by atoms with Crippen LogP contribution in [0.1, 0.15) is 17.0 Å². The molecule has 1 aromatic heterocycles. The summed E-state index contributed by atoms with van der Waals surface area (Å²) in [6.45, 7) is 5.40. The van der Waals surface area contributed by atoms with E-state index in [-0.39, 0.29) is 0 Å². The fourth-order valence-electron chi connectivity index (χ4n) is 2.41. The molecule has 0 saturated heterocycles. The van der Waals surface area contributed by atoms with E-state index < -0.39 is 9.84 Å². The van der Waals surface area contributed by atoms with Gasteiger partial charge in [-0.05, 0) is 38.7 Å². The molecule has 1 N–H and O–H groups in total. The topological polar surface area (TPSA) is 69.3 Å². The molecule has 0 aliphatic heterocycles. The fraction of sp³-hybridized carbons (Fsp3) is 0.471. The average Bonchev–Trinajstić information content (AvgIpc) is 2.89. The van der Waals surface area contributed by atoms with Crippen LogP contribution in [0.5, 0.6) is 0 Å². The van der Waals surface area contributed by atoms with Gasteiger partial charge in [-0.3, -0.25) is 4.90 Å². The van der Waals surface area contributed by atoms with E-state index in [9.17, 15) is 8.42 Å². The summed E-state index contributed by atoms with van der Waals surface area (Å²) in [4.78, 5) is 12.3. The summed E-state index contributed by atoms with van der Waals surface area (Å²) in [5, 5.41) is 0. The molecule has 7 heteroatoms. The van der Waals surface area contributed by atoms with Crippen molar-refractivity contribution in [1.82, 2.24) is 19.8 Å². The van der Waals surface area contributed by atoms with Crippen LogP contribution in [0.2, 0.25) is 0 Å². The number of aromatic nitrogens is 2. The SMILES string of the molecule is Cc1[nH]cnc1CN(CCN(C)C)Cc1ccc(S(C)(=O)=O)cc1. The van der Waals surface area contributed by atoms with Gasteiger partial charge in [0.05, 0.1) is 16.9 Å². The smallest absolute Gasteiger partial charge is 0.175 e. The van der Waals surface area contributed by atoms with Gasteiger partial charge in [0, 0.05) is 38.1 Å². The molecule has 1 heterocycles. The first kappa shape index (κ1) is 18.6. The van der Waals surface area contributed by atoms with Crippen LogP contribution in [-0.4, -0.2) is 61.6 Å². The number of likely N-dealkylation sites (N-methyl/N-ethyl adjacent to an activating group) is 1. The highest BCUT2D eigenvalue weighted by Crippen LogP contribution is 2.14. The maximum absolute atomic E-state index is 11.6. The Balaban J connectivity index is 2.10. The van der Waals surface area contributed by atoms with Gasteiger partial charge in [-0.25, -0.2) is 13.4 Å². The Morgan fingerprint density at radius 2 is 1.75 bits per heavy atom. The first-order valence-electron chi connectivity index (χ1n) is 7.90. The van der Waals surface area contributed by atoms with Crippen molar-refractivity contribution in [1.29, 1.82) is 0 Å². The molecule has 0 saturated carbocycles. The number of aryl methyl sites for hydroxylation is 1.